The van der Waals surface area contributed by atoms with Crippen LogP contribution in [0.15, 0.2) is 0 Å². The zero-order chi connectivity index (χ0) is 15.2. The third kappa shape index (κ3) is 4.36. The Hall–Kier alpha value is -0.780. The quantitative estimate of drug-likeness (QED) is 0.421. The summed E-state index contributed by atoms with van der Waals surface area (Å²) in [5, 5.41) is 0. The highest BCUT2D eigenvalue weighted by atomic mass is 19.4. The maximum atomic E-state index is 12.8. The van der Waals surface area contributed by atoms with Gasteiger partial charge in [0.05, 0.1) is 6.61 Å². The molecule has 20 heavy (non-hydrogen) atoms. The van der Waals surface area contributed by atoms with Gasteiger partial charge in [0.15, 0.2) is 12.2 Å². The monoisotopic (exact) mass is 296 g/mol. The van der Waals surface area contributed by atoms with Crippen molar-refractivity contribution in [3.8, 4) is 0 Å². The van der Waals surface area contributed by atoms with E-state index in [4.69, 9.17) is 4.74 Å². The molecule has 0 heterocycles. The first kappa shape index (κ1) is 17.3. The molecule has 0 saturated heterocycles. The smallest absolute Gasteiger partial charge is 0.404 e. The predicted octanol–water partition coefficient (Wildman–Crippen LogP) is 4.06. The summed E-state index contributed by atoms with van der Waals surface area (Å²) < 4.78 is 48.3. The largest absolute Gasteiger partial charge is 0.438 e. The van der Waals surface area contributed by atoms with Crippen LogP contribution in [0.5, 0.6) is 0 Å². The molecule has 1 aliphatic carbocycles. The SMILES string of the molecule is CCC(C)(C(=O)OCOCC1CCCCC1)C(F)(F)F. The lowest BCUT2D eigenvalue weighted by Crippen LogP contribution is -2.43. The van der Waals surface area contributed by atoms with Gasteiger partial charge >= 0.3 is 12.1 Å². The lowest BCUT2D eigenvalue weighted by Gasteiger charge is -2.28. The molecule has 0 bridgehead atoms. The van der Waals surface area contributed by atoms with Gasteiger partial charge < -0.3 is 9.47 Å². The number of esters is 1. The lowest BCUT2D eigenvalue weighted by atomic mass is 9.87. The summed E-state index contributed by atoms with van der Waals surface area (Å²) in [6, 6.07) is 0. The molecular weight excluding hydrogens is 273 g/mol. The minimum atomic E-state index is -4.61. The number of ether oxygens (including phenoxy) is 2. The molecule has 1 rings (SSSR count). The molecule has 1 atom stereocenters. The van der Waals surface area contributed by atoms with Gasteiger partial charge in [-0.25, -0.2) is 0 Å². The highest BCUT2D eigenvalue weighted by Gasteiger charge is 2.56. The molecule has 0 N–H and O–H groups in total. The van der Waals surface area contributed by atoms with Gasteiger partial charge in [-0.3, -0.25) is 4.79 Å². The van der Waals surface area contributed by atoms with Crippen molar-refractivity contribution >= 4 is 5.97 Å². The third-order valence-corrected chi connectivity index (χ3v) is 4.13. The van der Waals surface area contributed by atoms with Crippen LogP contribution < -0.4 is 0 Å². The standard InChI is InChI=1S/C14H23F3O3/c1-3-13(2,14(15,16)17)12(18)20-10-19-9-11-7-5-4-6-8-11/h11H,3-10H2,1-2H3. The third-order valence-electron chi connectivity index (χ3n) is 4.13. The van der Waals surface area contributed by atoms with Crippen molar-refractivity contribution in [3.05, 3.63) is 0 Å². The molecule has 1 fully saturated rings. The number of alkyl halides is 3. The van der Waals surface area contributed by atoms with Crippen LogP contribution in [0.2, 0.25) is 0 Å². The van der Waals surface area contributed by atoms with Crippen LogP contribution in [-0.4, -0.2) is 25.5 Å². The summed E-state index contributed by atoms with van der Waals surface area (Å²) in [5.41, 5.74) is -2.46. The molecule has 118 valence electrons. The fourth-order valence-corrected chi connectivity index (χ4v) is 2.28. The van der Waals surface area contributed by atoms with Crippen LogP contribution in [-0.2, 0) is 14.3 Å². The Morgan fingerprint density at radius 1 is 1.20 bits per heavy atom. The topological polar surface area (TPSA) is 35.5 Å². The van der Waals surface area contributed by atoms with E-state index in [1.165, 1.54) is 13.3 Å². The van der Waals surface area contributed by atoms with Crippen LogP contribution in [0.3, 0.4) is 0 Å². The fourth-order valence-electron chi connectivity index (χ4n) is 2.28. The first-order chi connectivity index (χ1) is 9.31. The van der Waals surface area contributed by atoms with Crippen molar-refractivity contribution < 1.29 is 27.4 Å². The van der Waals surface area contributed by atoms with E-state index in [9.17, 15) is 18.0 Å². The van der Waals surface area contributed by atoms with E-state index in [0.29, 0.717) is 12.5 Å². The van der Waals surface area contributed by atoms with E-state index in [2.05, 4.69) is 4.74 Å². The molecule has 1 unspecified atom stereocenters. The second kappa shape index (κ2) is 7.29. The second-order valence-corrected chi connectivity index (χ2v) is 5.61. The number of carbonyl (C=O) groups excluding carboxylic acids is 1. The lowest BCUT2D eigenvalue weighted by molar-refractivity contribution is -0.235. The van der Waals surface area contributed by atoms with Crippen molar-refractivity contribution in [1.29, 1.82) is 0 Å². The molecule has 3 nitrogen and oxygen atoms in total. The number of hydrogen-bond acceptors (Lipinski definition) is 3. The van der Waals surface area contributed by atoms with Gasteiger partial charge in [-0.05, 0) is 32.1 Å². The van der Waals surface area contributed by atoms with Gasteiger partial charge in [-0.15, -0.1) is 0 Å². The summed E-state index contributed by atoms with van der Waals surface area (Å²) >= 11 is 0. The molecular formula is C14H23F3O3. The van der Waals surface area contributed by atoms with Gasteiger partial charge in [0.2, 0.25) is 0 Å². The average molecular weight is 296 g/mol. The molecule has 0 spiro atoms. The zero-order valence-corrected chi connectivity index (χ0v) is 12.1. The van der Waals surface area contributed by atoms with Crippen molar-refractivity contribution in [3.63, 3.8) is 0 Å². The van der Waals surface area contributed by atoms with E-state index in [1.54, 1.807) is 0 Å². The van der Waals surface area contributed by atoms with Crippen LogP contribution in [0.1, 0.15) is 52.4 Å². The molecule has 0 aliphatic heterocycles. The van der Waals surface area contributed by atoms with Crippen molar-refractivity contribution in [2.24, 2.45) is 11.3 Å². The maximum absolute atomic E-state index is 12.8. The molecule has 0 radical (unpaired) electrons. The minimum Gasteiger partial charge on any atom is -0.438 e. The van der Waals surface area contributed by atoms with Gasteiger partial charge in [-0.2, -0.15) is 13.2 Å². The van der Waals surface area contributed by atoms with E-state index in [0.717, 1.165) is 32.6 Å². The summed E-state index contributed by atoms with van der Waals surface area (Å²) in [5.74, 6) is -0.834. The van der Waals surface area contributed by atoms with Crippen molar-refractivity contribution in [2.45, 2.75) is 58.5 Å². The number of halogens is 3. The number of carbonyl (C=O) groups is 1. The van der Waals surface area contributed by atoms with E-state index < -0.39 is 24.4 Å². The van der Waals surface area contributed by atoms with Crippen LogP contribution in [0.25, 0.3) is 0 Å². The highest BCUT2D eigenvalue weighted by Crippen LogP contribution is 2.41. The minimum absolute atomic E-state index is 0.349. The summed E-state index contributed by atoms with van der Waals surface area (Å²) in [6.07, 6.45) is 0.740. The number of hydrogen-bond donors (Lipinski definition) is 0. The average Bonchev–Trinajstić information content (AvgIpc) is 2.42. The molecule has 0 amide bonds. The molecule has 0 aromatic carbocycles. The van der Waals surface area contributed by atoms with Gasteiger partial charge in [0.1, 0.15) is 0 Å². The van der Waals surface area contributed by atoms with Crippen molar-refractivity contribution in [2.75, 3.05) is 13.4 Å². The van der Waals surface area contributed by atoms with Crippen LogP contribution in [0, 0.1) is 11.3 Å². The van der Waals surface area contributed by atoms with Gasteiger partial charge in [0, 0.05) is 0 Å². The maximum Gasteiger partial charge on any atom is 0.404 e. The van der Waals surface area contributed by atoms with E-state index in [1.807, 2.05) is 0 Å². The Balaban J connectivity index is 2.31. The van der Waals surface area contributed by atoms with E-state index in [-0.39, 0.29) is 6.42 Å². The Bertz CT molecular complexity index is 311. The second-order valence-electron chi connectivity index (χ2n) is 5.61. The van der Waals surface area contributed by atoms with Gasteiger partial charge in [-0.1, -0.05) is 26.2 Å². The number of rotatable bonds is 6. The van der Waals surface area contributed by atoms with E-state index >= 15 is 0 Å². The summed E-state index contributed by atoms with van der Waals surface area (Å²) in [6.45, 7) is 2.22. The van der Waals surface area contributed by atoms with Gasteiger partial charge in [0.25, 0.3) is 0 Å². The van der Waals surface area contributed by atoms with Crippen LogP contribution >= 0.6 is 0 Å². The first-order valence-electron chi connectivity index (χ1n) is 7.13. The highest BCUT2D eigenvalue weighted by molar-refractivity contribution is 5.77. The van der Waals surface area contributed by atoms with Crippen LogP contribution in [0.4, 0.5) is 13.2 Å². The Morgan fingerprint density at radius 3 is 2.30 bits per heavy atom. The summed E-state index contributed by atoms with van der Waals surface area (Å²) in [7, 11) is 0. The summed E-state index contributed by atoms with van der Waals surface area (Å²) in [4.78, 5) is 11.6. The fraction of sp³-hybridized carbons (Fsp3) is 0.929. The zero-order valence-electron chi connectivity index (χ0n) is 12.1. The Kier molecular flexibility index (Phi) is 6.30. The van der Waals surface area contributed by atoms with Crippen molar-refractivity contribution in [1.82, 2.24) is 0 Å². The Morgan fingerprint density at radius 2 is 1.80 bits per heavy atom. The Labute approximate surface area is 117 Å². The predicted molar refractivity (Wildman–Crippen MR) is 67.9 cm³/mol. The molecule has 6 heteroatoms. The molecule has 1 aliphatic rings. The molecule has 0 aromatic rings. The molecule has 1 saturated carbocycles. The molecule has 0 aromatic heterocycles. The normalized spacial score (nSPS) is 20.4. The first-order valence-corrected chi connectivity index (χ1v) is 7.13.